The molecule has 0 spiro atoms. The van der Waals surface area contributed by atoms with Gasteiger partial charge in [0.15, 0.2) is 0 Å². The van der Waals surface area contributed by atoms with E-state index >= 15 is 0 Å². The molecule has 3 rings (SSSR count). The Labute approximate surface area is 113 Å². The van der Waals surface area contributed by atoms with E-state index in [1.807, 2.05) is 18.7 Å². The molecule has 0 bridgehead atoms. The molecule has 0 fully saturated rings. The summed E-state index contributed by atoms with van der Waals surface area (Å²) in [4.78, 5) is 10.9. The number of aromatic nitrogens is 4. The lowest BCUT2D eigenvalue weighted by molar-refractivity contribution is 0.226. The molecule has 0 aliphatic carbocycles. The molecule has 1 atom stereocenters. The van der Waals surface area contributed by atoms with Crippen LogP contribution in [0.1, 0.15) is 17.9 Å². The average molecular weight is 259 g/mol. The monoisotopic (exact) mass is 259 g/mol. The summed E-state index contributed by atoms with van der Waals surface area (Å²) in [7, 11) is 4.24. The van der Waals surface area contributed by atoms with Crippen LogP contribution in [0.4, 0.5) is 0 Å². The van der Waals surface area contributed by atoms with Gasteiger partial charge in [-0.25, -0.2) is 9.97 Å². The number of nitrogens with zero attached hydrogens (tertiary/aromatic N) is 5. The minimum atomic E-state index is 0.722. The van der Waals surface area contributed by atoms with Gasteiger partial charge in [0.25, 0.3) is 0 Å². The van der Waals surface area contributed by atoms with Gasteiger partial charge in [-0.15, -0.1) is 0 Å². The fourth-order valence-corrected chi connectivity index (χ4v) is 2.90. The van der Waals surface area contributed by atoms with Crippen LogP contribution in [0.15, 0.2) is 24.9 Å². The van der Waals surface area contributed by atoms with E-state index in [2.05, 4.69) is 44.3 Å². The molecule has 1 unspecified atom stereocenters. The third-order valence-electron chi connectivity index (χ3n) is 3.95. The van der Waals surface area contributed by atoms with E-state index < -0.39 is 0 Å². The SMILES string of the molecule is CN(Cc1cncn1C)CC1CCc2nccn2C1. The van der Waals surface area contributed by atoms with E-state index in [0.29, 0.717) is 0 Å². The second-order valence-corrected chi connectivity index (χ2v) is 5.59. The normalized spacial score (nSPS) is 18.8. The molecular formula is C14H21N5. The Hall–Kier alpha value is -1.62. The summed E-state index contributed by atoms with van der Waals surface area (Å²) in [5.74, 6) is 1.96. The van der Waals surface area contributed by atoms with Crippen molar-refractivity contribution in [2.75, 3.05) is 13.6 Å². The summed E-state index contributed by atoms with van der Waals surface area (Å²) in [5.41, 5.74) is 1.27. The molecule has 0 amide bonds. The Balaban J connectivity index is 1.56. The van der Waals surface area contributed by atoms with E-state index in [9.17, 15) is 0 Å². The first-order valence-electron chi connectivity index (χ1n) is 6.86. The Morgan fingerprint density at radius 1 is 1.47 bits per heavy atom. The highest BCUT2D eigenvalue weighted by atomic mass is 15.1. The van der Waals surface area contributed by atoms with E-state index in [1.165, 1.54) is 17.9 Å². The maximum atomic E-state index is 4.38. The molecule has 3 heterocycles. The second-order valence-electron chi connectivity index (χ2n) is 5.59. The summed E-state index contributed by atoms with van der Waals surface area (Å²) in [6.07, 6.45) is 10.2. The molecule has 0 saturated heterocycles. The zero-order chi connectivity index (χ0) is 13.2. The maximum absolute atomic E-state index is 4.38. The molecule has 2 aromatic rings. The van der Waals surface area contributed by atoms with Crippen LogP contribution in [0.5, 0.6) is 0 Å². The summed E-state index contributed by atoms with van der Waals surface area (Å²) in [6, 6.07) is 0. The zero-order valence-corrected chi connectivity index (χ0v) is 11.7. The van der Waals surface area contributed by atoms with Crippen LogP contribution in [-0.4, -0.2) is 37.6 Å². The summed E-state index contributed by atoms with van der Waals surface area (Å²) >= 11 is 0. The number of rotatable bonds is 4. The van der Waals surface area contributed by atoms with Gasteiger partial charge in [0.05, 0.1) is 12.0 Å². The quantitative estimate of drug-likeness (QED) is 0.831. The summed E-state index contributed by atoms with van der Waals surface area (Å²) in [5, 5.41) is 0. The lowest BCUT2D eigenvalue weighted by Crippen LogP contribution is -2.31. The van der Waals surface area contributed by atoms with Crippen molar-refractivity contribution in [2.24, 2.45) is 13.0 Å². The fourth-order valence-electron chi connectivity index (χ4n) is 2.90. The molecule has 1 aliphatic rings. The molecule has 0 radical (unpaired) electrons. The van der Waals surface area contributed by atoms with Crippen molar-refractivity contribution in [1.82, 2.24) is 24.0 Å². The highest BCUT2D eigenvalue weighted by molar-refractivity contribution is 4.99. The fraction of sp³-hybridized carbons (Fsp3) is 0.571. The second kappa shape index (κ2) is 5.17. The number of hydrogen-bond donors (Lipinski definition) is 0. The Morgan fingerprint density at radius 2 is 2.37 bits per heavy atom. The van der Waals surface area contributed by atoms with Crippen molar-refractivity contribution < 1.29 is 0 Å². The lowest BCUT2D eigenvalue weighted by atomic mass is 9.99. The average Bonchev–Trinajstić information content (AvgIpc) is 2.98. The van der Waals surface area contributed by atoms with Crippen LogP contribution >= 0.6 is 0 Å². The van der Waals surface area contributed by atoms with Crippen molar-refractivity contribution in [2.45, 2.75) is 25.9 Å². The maximum Gasteiger partial charge on any atom is 0.108 e. The van der Waals surface area contributed by atoms with Gasteiger partial charge in [-0.3, -0.25) is 0 Å². The first-order valence-corrected chi connectivity index (χ1v) is 6.86. The molecule has 5 nitrogen and oxygen atoms in total. The minimum absolute atomic E-state index is 0.722. The third kappa shape index (κ3) is 2.71. The zero-order valence-electron chi connectivity index (χ0n) is 11.7. The highest BCUT2D eigenvalue weighted by Crippen LogP contribution is 2.19. The van der Waals surface area contributed by atoms with Gasteiger partial charge in [0, 0.05) is 51.7 Å². The van der Waals surface area contributed by atoms with Gasteiger partial charge in [-0.05, 0) is 19.4 Å². The van der Waals surface area contributed by atoms with Crippen LogP contribution in [0.3, 0.4) is 0 Å². The molecule has 0 aromatic carbocycles. The van der Waals surface area contributed by atoms with Crippen molar-refractivity contribution in [3.05, 3.63) is 36.4 Å². The van der Waals surface area contributed by atoms with Crippen LogP contribution < -0.4 is 0 Å². The van der Waals surface area contributed by atoms with Gasteiger partial charge >= 0.3 is 0 Å². The van der Waals surface area contributed by atoms with Crippen LogP contribution in [0.2, 0.25) is 0 Å². The topological polar surface area (TPSA) is 38.9 Å². The van der Waals surface area contributed by atoms with Crippen molar-refractivity contribution >= 4 is 0 Å². The van der Waals surface area contributed by atoms with Crippen molar-refractivity contribution in [3.63, 3.8) is 0 Å². The Bertz CT molecular complexity index is 542. The number of aryl methyl sites for hydroxylation is 2. The molecule has 1 aliphatic heterocycles. The number of fused-ring (bicyclic) bond motifs is 1. The lowest BCUT2D eigenvalue weighted by Gasteiger charge is -2.28. The van der Waals surface area contributed by atoms with E-state index in [-0.39, 0.29) is 0 Å². The molecule has 5 heteroatoms. The minimum Gasteiger partial charge on any atom is -0.337 e. The molecule has 102 valence electrons. The predicted molar refractivity (Wildman–Crippen MR) is 73.6 cm³/mol. The van der Waals surface area contributed by atoms with Gasteiger partial charge < -0.3 is 14.0 Å². The molecular weight excluding hydrogens is 238 g/mol. The molecule has 0 N–H and O–H groups in total. The largest absolute Gasteiger partial charge is 0.337 e. The van der Waals surface area contributed by atoms with Gasteiger partial charge in [0.1, 0.15) is 5.82 Å². The number of hydrogen-bond acceptors (Lipinski definition) is 3. The Kier molecular flexibility index (Phi) is 3.38. The van der Waals surface area contributed by atoms with Crippen LogP contribution in [0.25, 0.3) is 0 Å². The molecule has 2 aromatic heterocycles. The van der Waals surface area contributed by atoms with Gasteiger partial charge in [-0.2, -0.15) is 0 Å². The summed E-state index contributed by atoms with van der Waals surface area (Å²) < 4.78 is 4.39. The van der Waals surface area contributed by atoms with Crippen molar-refractivity contribution in [1.29, 1.82) is 0 Å². The van der Waals surface area contributed by atoms with Crippen LogP contribution in [0, 0.1) is 5.92 Å². The standard InChI is InChI=1S/C14H21N5/c1-17(10-13-7-15-11-18(13)2)8-12-3-4-14-16-5-6-19(14)9-12/h5-7,11-12H,3-4,8-10H2,1-2H3. The Morgan fingerprint density at radius 3 is 3.16 bits per heavy atom. The van der Waals surface area contributed by atoms with Crippen molar-refractivity contribution in [3.8, 4) is 0 Å². The van der Waals surface area contributed by atoms with E-state index in [4.69, 9.17) is 0 Å². The van der Waals surface area contributed by atoms with Gasteiger partial charge in [0.2, 0.25) is 0 Å². The summed E-state index contributed by atoms with van der Waals surface area (Å²) in [6.45, 7) is 3.19. The number of imidazole rings is 2. The first kappa shape index (κ1) is 12.4. The predicted octanol–water partition coefficient (Wildman–Crippen LogP) is 1.31. The van der Waals surface area contributed by atoms with Gasteiger partial charge in [-0.1, -0.05) is 0 Å². The third-order valence-corrected chi connectivity index (χ3v) is 3.95. The highest BCUT2D eigenvalue weighted by Gasteiger charge is 2.20. The smallest absolute Gasteiger partial charge is 0.108 e. The van der Waals surface area contributed by atoms with E-state index in [1.54, 1.807) is 0 Å². The molecule has 19 heavy (non-hydrogen) atoms. The molecule has 0 saturated carbocycles. The van der Waals surface area contributed by atoms with Crippen LogP contribution in [-0.2, 0) is 26.6 Å². The first-order chi connectivity index (χ1) is 9.22. The van der Waals surface area contributed by atoms with E-state index in [0.717, 1.165) is 32.0 Å².